The smallest absolute Gasteiger partial charge is 0.255 e. The summed E-state index contributed by atoms with van der Waals surface area (Å²) < 4.78 is 0. The van der Waals surface area contributed by atoms with Crippen molar-refractivity contribution in [2.45, 2.75) is 24.5 Å². The molecule has 1 amide bonds. The number of fused-ring (bicyclic) bond motifs is 3. The predicted octanol–water partition coefficient (Wildman–Crippen LogP) is 0.452. The number of nitrogens with two attached hydrogens (primary N) is 1. The van der Waals surface area contributed by atoms with Gasteiger partial charge in [-0.3, -0.25) is 19.3 Å². The number of likely N-dealkylation sites (N-methyl/N-ethyl adjacent to an activating group) is 1. The number of aromatic hydroxyl groups is 1. The zero-order chi connectivity index (χ0) is 24.6. The lowest BCUT2D eigenvalue weighted by atomic mass is 9.57. The van der Waals surface area contributed by atoms with Gasteiger partial charge in [0.25, 0.3) is 5.91 Å². The minimum Gasteiger partial charge on any atom is -0.508 e. The van der Waals surface area contributed by atoms with E-state index >= 15 is 0 Å². The second-order valence-corrected chi connectivity index (χ2v) is 9.31. The first-order chi connectivity index (χ1) is 15.3. The molecule has 6 N–H and O–H groups in total. The molecule has 0 aromatic heterocycles. The lowest BCUT2D eigenvalue weighted by Gasteiger charge is -2.50. The van der Waals surface area contributed by atoms with Crippen LogP contribution in [0.25, 0.3) is 5.76 Å². The molecule has 3 aliphatic carbocycles. The summed E-state index contributed by atoms with van der Waals surface area (Å²) in [6.45, 7) is 0. The molecule has 1 aromatic rings. The van der Waals surface area contributed by atoms with Gasteiger partial charge in [0.05, 0.1) is 11.6 Å². The Kier molecular flexibility index (Phi) is 6.23. The number of nitrogens with zero attached hydrogens (tertiary/aromatic N) is 2. The summed E-state index contributed by atoms with van der Waals surface area (Å²) >= 11 is 0. The minimum atomic E-state index is -2.63. The molecule has 3 aliphatic rings. The van der Waals surface area contributed by atoms with Gasteiger partial charge in [-0.15, -0.1) is 12.4 Å². The number of primary amides is 1. The van der Waals surface area contributed by atoms with Gasteiger partial charge in [0, 0.05) is 31.3 Å². The number of anilines is 1. The van der Waals surface area contributed by atoms with Crippen molar-refractivity contribution in [1.29, 1.82) is 0 Å². The van der Waals surface area contributed by atoms with E-state index in [1.165, 1.54) is 11.0 Å². The Hall–Kier alpha value is -3.08. The van der Waals surface area contributed by atoms with Crippen molar-refractivity contribution in [2.75, 3.05) is 33.1 Å². The summed E-state index contributed by atoms with van der Waals surface area (Å²) in [5, 5.41) is 43.9. The number of amides is 1. The van der Waals surface area contributed by atoms with Crippen molar-refractivity contribution in [3.8, 4) is 5.75 Å². The van der Waals surface area contributed by atoms with Crippen molar-refractivity contribution >= 4 is 41.3 Å². The highest BCUT2D eigenvalue weighted by atomic mass is 35.5. The van der Waals surface area contributed by atoms with E-state index < -0.39 is 58.0 Å². The monoisotopic (exact) mass is 493 g/mol. The van der Waals surface area contributed by atoms with Gasteiger partial charge >= 0.3 is 0 Å². The van der Waals surface area contributed by atoms with Crippen LogP contribution in [0.3, 0.4) is 0 Å². The van der Waals surface area contributed by atoms with Crippen LogP contribution in [0.2, 0.25) is 0 Å². The fourth-order valence-electron chi connectivity index (χ4n) is 5.65. The zero-order valence-electron chi connectivity index (χ0n) is 19.2. The standard InChI is InChI=1S/C23H27N3O7.ClH/c1-25(2)12-5-6-13(27)15-10(12)7-9-8-11-17(26(3)4)19(29)16(22(24)32)21(31)23(11,33)20(30)14(9)18(15)28;/h5-6,9,11,17,27-28,31,33H,7-8H2,1-4H3,(H2,24,32);1H/t9-,11-,17?,23-;/m0./s1. The molecular weight excluding hydrogens is 466 g/mol. The molecule has 184 valence electrons. The summed E-state index contributed by atoms with van der Waals surface area (Å²) in [4.78, 5) is 42.0. The molecule has 0 radical (unpaired) electrons. The second-order valence-electron chi connectivity index (χ2n) is 9.31. The number of phenols is 1. The highest BCUT2D eigenvalue weighted by molar-refractivity contribution is 6.24. The molecule has 1 saturated carbocycles. The third-order valence-electron chi connectivity index (χ3n) is 7.06. The first kappa shape index (κ1) is 25.5. The normalized spacial score (nSPS) is 28.2. The summed E-state index contributed by atoms with van der Waals surface area (Å²) in [6, 6.07) is 2.01. The fraction of sp³-hybridized carbons (Fsp3) is 0.435. The SMILES string of the molecule is CN(C)c1ccc(O)c2c1C[C@H]1C[C@H]3C(N(C)C)C(=O)C(C(N)=O)=C(O)[C@@]3(O)C(=O)C1=C2O.Cl. The molecule has 0 saturated heterocycles. The number of hydrogen-bond donors (Lipinski definition) is 5. The van der Waals surface area contributed by atoms with Gasteiger partial charge in [-0.2, -0.15) is 0 Å². The molecule has 4 rings (SSSR count). The average molecular weight is 494 g/mol. The number of Topliss-reactive ketones (excluding diaryl/α,β-unsaturated/α-hetero) is 2. The van der Waals surface area contributed by atoms with Gasteiger partial charge in [0.2, 0.25) is 5.78 Å². The number of carbonyl (C=O) groups excluding carboxylic acids is 3. The van der Waals surface area contributed by atoms with E-state index in [4.69, 9.17) is 5.73 Å². The van der Waals surface area contributed by atoms with Gasteiger partial charge in [-0.25, -0.2) is 0 Å². The Morgan fingerprint density at radius 3 is 2.26 bits per heavy atom. The van der Waals surface area contributed by atoms with Crippen LogP contribution in [0, 0.1) is 11.8 Å². The Labute approximate surface area is 202 Å². The molecule has 0 bridgehead atoms. The van der Waals surface area contributed by atoms with Crippen molar-refractivity contribution in [3.05, 3.63) is 40.2 Å². The van der Waals surface area contributed by atoms with E-state index in [2.05, 4.69) is 0 Å². The molecule has 4 atom stereocenters. The predicted molar refractivity (Wildman–Crippen MR) is 126 cm³/mol. The number of halogens is 1. The maximum atomic E-state index is 13.7. The molecule has 0 heterocycles. The van der Waals surface area contributed by atoms with E-state index in [0.717, 1.165) is 5.69 Å². The third-order valence-corrected chi connectivity index (χ3v) is 7.06. The van der Waals surface area contributed by atoms with E-state index in [1.54, 1.807) is 20.2 Å². The molecular formula is C23H28ClN3O7. The summed E-state index contributed by atoms with van der Waals surface area (Å²) in [5.41, 5.74) is 3.15. The minimum absolute atomic E-state index is 0. The quantitative estimate of drug-likeness (QED) is 0.376. The molecule has 10 nitrogen and oxygen atoms in total. The van der Waals surface area contributed by atoms with Gasteiger partial charge in [0.1, 0.15) is 22.8 Å². The van der Waals surface area contributed by atoms with E-state index in [1.807, 2.05) is 19.0 Å². The Bertz CT molecular complexity index is 1170. The number of benzene rings is 1. The van der Waals surface area contributed by atoms with Crippen molar-refractivity contribution < 1.29 is 34.8 Å². The lowest BCUT2D eigenvalue weighted by molar-refractivity contribution is -0.153. The van der Waals surface area contributed by atoms with E-state index in [0.29, 0.717) is 5.56 Å². The lowest BCUT2D eigenvalue weighted by Crippen LogP contribution is -2.65. The largest absolute Gasteiger partial charge is 0.508 e. The van der Waals surface area contributed by atoms with Gasteiger partial charge in [-0.05, 0) is 50.6 Å². The average Bonchev–Trinajstić information content (AvgIpc) is 2.70. The fourth-order valence-corrected chi connectivity index (χ4v) is 5.65. The van der Waals surface area contributed by atoms with Crippen LogP contribution >= 0.6 is 12.4 Å². The van der Waals surface area contributed by atoms with Gasteiger partial charge in [0.15, 0.2) is 11.4 Å². The number of phenolic OH excluding ortho intramolecular Hbond substituents is 1. The van der Waals surface area contributed by atoms with Crippen molar-refractivity contribution in [3.63, 3.8) is 0 Å². The first-order valence-corrected chi connectivity index (χ1v) is 10.5. The Morgan fingerprint density at radius 2 is 1.74 bits per heavy atom. The van der Waals surface area contributed by atoms with Crippen LogP contribution in [0.5, 0.6) is 5.75 Å². The van der Waals surface area contributed by atoms with Crippen molar-refractivity contribution in [2.24, 2.45) is 17.6 Å². The first-order valence-electron chi connectivity index (χ1n) is 10.5. The van der Waals surface area contributed by atoms with Crippen molar-refractivity contribution in [1.82, 2.24) is 4.90 Å². The molecule has 0 spiro atoms. The highest BCUT2D eigenvalue weighted by Crippen LogP contribution is 2.53. The maximum Gasteiger partial charge on any atom is 0.255 e. The highest BCUT2D eigenvalue weighted by Gasteiger charge is 2.64. The van der Waals surface area contributed by atoms with Gasteiger partial charge in [-0.1, -0.05) is 0 Å². The van der Waals surface area contributed by atoms with E-state index in [9.17, 15) is 34.8 Å². The number of aliphatic hydroxyl groups is 3. The molecule has 0 aliphatic heterocycles. The summed E-state index contributed by atoms with van der Waals surface area (Å²) in [6.07, 6.45) is 0.324. The molecule has 1 aromatic carbocycles. The van der Waals surface area contributed by atoms with Crippen LogP contribution in [-0.2, 0) is 20.8 Å². The molecule has 1 unspecified atom stereocenters. The van der Waals surface area contributed by atoms with Crippen LogP contribution in [0.15, 0.2) is 29.0 Å². The van der Waals surface area contributed by atoms with Gasteiger partial charge < -0.3 is 31.1 Å². The number of hydrogen-bond acceptors (Lipinski definition) is 9. The number of ketones is 2. The third kappa shape index (κ3) is 3.20. The zero-order valence-corrected chi connectivity index (χ0v) is 20.0. The number of aliphatic hydroxyl groups excluding tert-OH is 2. The summed E-state index contributed by atoms with van der Waals surface area (Å²) in [7, 11) is 6.75. The second kappa shape index (κ2) is 8.30. The van der Waals surface area contributed by atoms with Crippen LogP contribution in [0.1, 0.15) is 17.5 Å². The molecule has 1 fully saturated rings. The maximum absolute atomic E-state index is 13.7. The topological polar surface area (TPSA) is 165 Å². The van der Waals surface area contributed by atoms with Crippen LogP contribution in [-0.4, -0.2) is 82.6 Å². The number of rotatable bonds is 3. The Morgan fingerprint density at radius 1 is 1.12 bits per heavy atom. The van der Waals surface area contributed by atoms with E-state index in [-0.39, 0.29) is 42.1 Å². The van der Waals surface area contributed by atoms with Crippen LogP contribution < -0.4 is 10.6 Å². The number of carbonyl (C=O) groups is 3. The molecule has 34 heavy (non-hydrogen) atoms. The van der Waals surface area contributed by atoms with Crippen LogP contribution in [0.4, 0.5) is 5.69 Å². The summed E-state index contributed by atoms with van der Waals surface area (Å²) in [5.74, 6) is -6.54. The Balaban J connectivity index is 0.00000324. The molecule has 11 heteroatoms.